The predicted octanol–water partition coefficient (Wildman–Crippen LogP) is 6.61. The Labute approximate surface area is 295 Å². The number of carbonyl (C=O) groups excluding carboxylic acids is 2. The highest BCUT2D eigenvalue weighted by Gasteiger charge is 2.53. The van der Waals surface area contributed by atoms with Gasteiger partial charge in [-0.1, -0.05) is 26.8 Å². The van der Waals surface area contributed by atoms with Crippen molar-refractivity contribution in [1.29, 1.82) is 0 Å². The molecule has 3 aromatic heterocycles. The Morgan fingerprint density at radius 3 is 2.37 bits per heavy atom. The molecule has 2 aliphatic rings. The van der Waals surface area contributed by atoms with Crippen LogP contribution in [0.3, 0.4) is 0 Å². The van der Waals surface area contributed by atoms with Crippen molar-refractivity contribution in [3.63, 3.8) is 0 Å². The minimum Gasteiger partial charge on any atom is -0.496 e. The zero-order valence-corrected chi connectivity index (χ0v) is 30.9. The molecule has 0 radical (unpaired) electrons. The topological polar surface area (TPSA) is 124 Å². The third-order valence-electron chi connectivity index (χ3n) is 9.43. The van der Waals surface area contributed by atoms with Crippen LogP contribution in [0.25, 0.3) is 28.1 Å². The first-order valence-corrected chi connectivity index (χ1v) is 17.0. The molecule has 1 N–H and O–H groups in total. The summed E-state index contributed by atoms with van der Waals surface area (Å²) < 4.78 is 46.2. The molecule has 4 aromatic rings. The summed E-state index contributed by atoms with van der Waals surface area (Å²) in [5.74, 6) is -1.71. The number of pyridine rings is 2. The van der Waals surface area contributed by atoms with Gasteiger partial charge in [-0.3, -0.25) is 9.59 Å². The third-order valence-corrected chi connectivity index (χ3v) is 9.43. The van der Waals surface area contributed by atoms with E-state index in [4.69, 9.17) is 14.5 Å². The number of benzene rings is 1. The average Bonchev–Trinajstić information content (AvgIpc) is 3.40. The Kier molecular flexibility index (Phi) is 8.66. The number of hydrogen-bond acceptors (Lipinski definition) is 8. The van der Waals surface area contributed by atoms with E-state index in [-0.39, 0.29) is 52.0 Å². The molecule has 6 rings (SSSR count). The van der Waals surface area contributed by atoms with E-state index >= 15 is 8.78 Å². The molecule has 0 spiro atoms. The van der Waals surface area contributed by atoms with Gasteiger partial charge in [-0.25, -0.2) is 27.8 Å². The SMILES string of the molecule is COc1cccc(F)c1-c1nc2c(cc1F)c1c(c(=O)n2-c2c(C)cnn2C(C)C)NC(=O)[C@H]2CN(C(=O)OC(C)(C)C)[C@H](C)C(C(C)(C)C)N12. The summed E-state index contributed by atoms with van der Waals surface area (Å²) in [6.07, 6.45) is 1.04. The Morgan fingerprint density at radius 1 is 1.08 bits per heavy atom. The minimum absolute atomic E-state index is 0.0238. The second kappa shape index (κ2) is 12.3. The smallest absolute Gasteiger partial charge is 0.410 e. The zero-order chi connectivity index (χ0) is 37.5. The highest BCUT2D eigenvalue weighted by molar-refractivity contribution is 6.11. The molecular formula is C37H45F2N7O5. The van der Waals surface area contributed by atoms with Crippen molar-refractivity contribution in [3.05, 3.63) is 58.0 Å². The first-order chi connectivity index (χ1) is 23.8. The fourth-order valence-electron chi connectivity index (χ4n) is 7.47. The summed E-state index contributed by atoms with van der Waals surface area (Å²) in [6, 6.07) is 3.10. The number of fused-ring (bicyclic) bond motifs is 5. The number of anilines is 2. The molecule has 0 saturated carbocycles. The van der Waals surface area contributed by atoms with Crippen LogP contribution in [0, 0.1) is 24.0 Å². The van der Waals surface area contributed by atoms with Crippen LogP contribution in [-0.4, -0.2) is 73.6 Å². The average molecular weight is 706 g/mol. The van der Waals surface area contributed by atoms with Gasteiger partial charge in [0.2, 0.25) is 5.91 Å². The van der Waals surface area contributed by atoms with Crippen molar-refractivity contribution in [2.75, 3.05) is 23.9 Å². The summed E-state index contributed by atoms with van der Waals surface area (Å²) in [6.45, 7) is 18.6. The fraction of sp³-hybridized carbons (Fsp3) is 0.486. The number of halogens is 2. The largest absolute Gasteiger partial charge is 0.496 e. The van der Waals surface area contributed by atoms with Crippen LogP contribution in [0.15, 0.2) is 35.3 Å². The second-order valence-corrected chi connectivity index (χ2v) is 15.7. The van der Waals surface area contributed by atoms with E-state index in [1.165, 1.54) is 35.9 Å². The summed E-state index contributed by atoms with van der Waals surface area (Å²) in [7, 11) is 1.35. The van der Waals surface area contributed by atoms with Gasteiger partial charge in [-0.2, -0.15) is 5.10 Å². The lowest BCUT2D eigenvalue weighted by Gasteiger charge is -2.56. The number of piperazine rings is 1. The lowest BCUT2D eigenvalue weighted by molar-refractivity contribution is -0.119. The molecule has 0 bridgehead atoms. The number of ether oxygens (including phenoxy) is 2. The summed E-state index contributed by atoms with van der Waals surface area (Å²) >= 11 is 0. The van der Waals surface area contributed by atoms with E-state index in [1.807, 2.05) is 46.4 Å². The van der Waals surface area contributed by atoms with Crippen LogP contribution in [0.4, 0.5) is 25.0 Å². The highest BCUT2D eigenvalue weighted by atomic mass is 19.1. The zero-order valence-electron chi connectivity index (χ0n) is 30.9. The predicted molar refractivity (Wildman–Crippen MR) is 191 cm³/mol. The fourth-order valence-corrected chi connectivity index (χ4v) is 7.47. The number of nitrogens with zero attached hydrogens (tertiary/aromatic N) is 6. The van der Waals surface area contributed by atoms with E-state index in [9.17, 15) is 14.4 Å². The minimum atomic E-state index is -0.971. The van der Waals surface area contributed by atoms with Gasteiger partial charge in [-0.15, -0.1) is 0 Å². The Balaban J connectivity index is 1.72. The van der Waals surface area contributed by atoms with Gasteiger partial charge in [0, 0.05) is 17.0 Å². The lowest BCUT2D eigenvalue weighted by Crippen LogP contribution is -2.72. The number of nitrogens with one attached hydrogen (secondary N) is 1. The standard InChI is InChI=1S/C37H45F2N7O5/c1-18(2)46-33(19(3)16-40-46)45-31-21(15-23(39)27(41-31)26-22(38)13-12-14-25(26)50-11)29-28(34(45)48)42-32(47)24-17-43(35(49)51-37(8,9)10)20(4)30(44(24)29)36(5,6)7/h12-16,18,20,24,30H,17H2,1-11H3,(H,42,47)/t20-,24-,30?/m1/s1. The van der Waals surface area contributed by atoms with E-state index in [0.29, 0.717) is 11.4 Å². The number of carbonyl (C=O) groups is 2. The van der Waals surface area contributed by atoms with Crippen molar-refractivity contribution in [2.45, 2.75) is 99.0 Å². The van der Waals surface area contributed by atoms with Crippen LogP contribution in [0.1, 0.15) is 73.9 Å². The number of rotatable bonds is 4. The van der Waals surface area contributed by atoms with Gasteiger partial charge < -0.3 is 24.6 Å². The number of hydrogen-bond donors (Lipinski definition) is 1. The van der Waals surface area contributed by atoms with Crippen LogP contribution >= 0.6 is 0 Å². The normalized spacial score (nSPS) is 19.3. The van der Waals surface area contributed by atoms with Gasteiger partial charge in [0.05, 0.1) is 43.2 Å². The molecule has 51 heavy (non-hydrogen) atoms. The molecular weight excluding hydrogens is 660 g/mol. The first-order valence-electron chi connectivity index (χ1n) is 17.0. The molecule has 5 heterocycles. The van der Waals surface area contributed by atoms with Gasteiger partial charge in [-0.05, 0) is 72.1 Å². The number of amides is 2. The third kappa shape index (κ3) is 5.87. The monoisotopic (exact) mass is 705 g/mol. The molecule has 3 atom stereocenters. The summed E-state index contributed by atoms with van der Waals surface area (Å²) in [4.78, 5) is 50.7. The number of aromatic nitrogens is 4. The summed E-state index contributed by atoms with van der Waals surface area (Å²) in [5.41, 5.74) is -1.72. The molecule has 2 aliphatic heterocycles. The molecule has 14 heteroatoms. The van der Waals surface area contributed by atoms with Crippen LogP contribution in [0.5, 0.6) is 5.75 Å². The summed E-state index contributed by atoms with van der Waals surface area (Å²) in [5, 5.41) is 7.53. The maximum Gasteiger partial charge on any atom is 0.410 e. The van der Waals surface area contributed by atoms with Crippen LogP contribution in [-0.2, 0) is 9.53 Å². The highest BCUT2D eigenvalue weighted by Crippen LogP contribution is 2.47. The van der Waals surface area contributed by atoms with Gasteiger partial charge in [0.1, 0.15) is 40.4 Å². The van der Waals surface area contributed by atoms with E-state index in [1.54, 1.807) is 43.5 Å². The molecule has 272 valence electrons. The lowest BCUT2D eigenvalue weighted by atomic mass is 9.77. The van der Waals surface area contributed by atoms with Crippen molar-refractivity contribution < 1.29 is 27.8 Å². The Bertz CT molecular complexity index is 2130. The molecule has 1 saturated heterocycles. The van der Waals surface area contributed by atoms with Crippen LogP contribution < -0.4 is 20.5 Å². The maximum atomic E-state index is 16.6. The molecule has 2 amide bonds. The quantitative estimate of drug-likeness (QED) is 0.252. The van der Waals surface area contributed by atoms with E-state index in [0.717, 1.165) is 0 Å². The van der Waals surface area contributed by atoms with Gasteiger partial charge in [0.15, 0.2) is 11.5 Å². The van der Waals surface area contributed by atoms with Crippen molar-refractivity contribution in [3.8, 4) is 22.8 Å². The Hall–Kier alpha value is -5.01. The number of aryl methyl sites for hydroxylation is 1. The molecule has 12 nitrogen and oxygen atoms in total. The second-order valence-electron chi connectivity index (χ2n) is 15.7. The number of methoxy groups -OCH3 is 1. The first kappa shape index (κ1) is 35.8. The van der Waals surface area contributed by atoms with Crippen molar-refractivity contribution in [2.24, 2.45) is 5.41 Å². The van der Waals surface area contributed by atoms with Gasteiger partial charge in [0.25, 0.3) is 5.56 Å². The van der Waals surface area contributed by atoms with E-state index in [2.05, 4.69) is 10.4 Å². The van der Waals surface area contributed by atoms with Gasteiger partial charge >= 0.3 is 6.09 Å². The van der Waals surface area contributed by atoms with Crippen molar-refractivity contribution >= 4 is 34.4 Å². The van der Waals surface area contributed by atoms with Crippen LogP contribution in [0.2, 0.25) is 0 Å². The molecule has 1 fully saturated rings. The van der Waals surface area contributed by atoms with Crippen molar-refractivity contribution in [1.82, 2.24) is 24.2 Å². The molecule has 1 unspecified atom stereocenters. The Morgan fingerprint density at radius 2 is 1.76 bits per heavy atom. The maximum absolute atomic E-state index is 16.6. The molecule has 1 aromatic carbocycles. The van der Waals surface area contributed by atoms with E-state index < -0.39 is 58.3 Å². The molecule has 0 aliphatic carbocycles.